The first kappa shape index (κ1) is 11.3. The molecular formula is C9H11N3O2S2. The maximum Gasteiger partial charge on any atom is 0.153 e. The predicted molar refractivity (Wildman–Crippen MR) is 62.9 cm³/mol. The van der Waals surface area contributed by atoms with Gasteiger partial charge in [0.05, 0.1) is 11.4 Å². The van der Waals surface area contributed by atoms with Crippen LogP contribution in [-0.4, -0.2) is 29.4 Å². The summed E-state index contributed by atoms with van der Waals surface area (Å²) in [4.78, 5) is 4.28. The molecule has 2 rings (SSSR count). The van der Waals surface area contributed by atoms with Gasteiger partial charge >= 0.3 is 0 Å². The Labute approximate surface area is 97.7 Å². The number of hydrogen-bond donors (Lipinski definition) is 0. The molecule has 0 amide bonds. The average Bonchev–Trinajstić information content (AvgIpc) is 2.71. The molecule has 2 aromatic rings. The second kappa shape index (κ2) is 3.99. The van der Waals surface area contributed by atoms with Gasteiger partial charge in [-0.2, -0.15) is 5.10 Å². The van der Waals surface area contributed by atoms with E-state index in [1.165, 1.54) is 17.6 Å². The minimum absolute atomic E-state index is 0.00445. The van der Waals surface area contributed by atoms with E-state index in [2.05, 4.69) is 10.1 Å². The molecule has 0 aliphatic rings. The molecule has 0 unspecified atom stereocenters. The second-order valence-corrected chi connectivity index (χ2v) is 6.62. The third-order valence-corrected chi connectivity index (χ3v) is 3.85. The van der Waals surface area contributed by atoms with Crippen molar-refractivity contribution < 1.29 is 8.42 Å². The van der Waals surface area contributed by atoms with Crippen LogP contribution in [0.3, 0.4) is 0 Å². The molecule has 2 aromatic heterocycles. The van der Waals surface area contributed by atoms with Crippen LogP contribution in [0.1, 0.15) is 5.01 Å². The number of sulfone groups is 1. The number of aryl methyl sites for hydroxylation is 1. The fraction of sp³-hybridized carbons (Fsp3) is 0.333. The van der Waals surface area contributed by atoms with E-state index in [4.69, 9.17) is 0 Å². The molecule has 0 spiro atoms. The van der Waals surface area contributed by atoms with Crippen molar-refractivity contribution in [1.29, 1.82) is 0 Å². The van der Waals surface area contributed by atoms with Gasteiger partial charge in [0.15, 0.2) is 9.84 Å². The van der Waals surface area contributed by atoms with E-state index in [0.717, 1.165) is 11.4 Å². The van der Waals surface area contributed by atoms with Gasteiger partial charge in [0.2, 0.25) is 0 Å². The van der Waals surface area contributed by atoms with Crippen molar-refractivity contribution in [3.05, 3.63) is 22.7 Å². The van der Waals surface area contributed by atoms with Crippen LogP contribution in [-0.2, 0) is 22.6 Å². The smallest absolute Gasteiger partial charge is 0.153 e. The zero-order chi connectivity index (χ0) is 11.8. The third kappa shape index (κ3) is 2.48. The van der Waals surface area contributed by atoms with Crippen LogP contribution in [0.2, 0.25) is 0 Å². The van der Waals surface area contributed by atoms with Gasteiger partial charge in [-0.25, -0.2) is 13.4 Å². The minimum Gasteiger partial charge on any atom is -0.266 e. The van der Waals surface area contributed by atoms with Crippen molar-refractivity contribution in [3.8, 4) is 11.4 Å². The average molecular weight is 257 g/mol. The second-order valence-electron chi connectivity index (χ2n) is 3.54. The highest BCUT2D eigenvalue weighted by molar-refractivity contribution is 7.90. The summed E-state index contributed by atoms with van der Waals surface area (Å²) in [7, 11) is -1.19. The Morgan fingerprint density at radius 3 is 2.81 bits per heavy atom. The number of rotatable bonds is 3. The number of thiazole rings is 1. The van der Waals surface area contributed by atoms with E-state index in [9.17, 15) is 8.42 Å². The van der Waals surface area contributed by atoms with E-state index >= 15 is 0 Å². The van der Waals surface area contributed by atoms with Gasteiger partial charge in [-0.3, -0.25) is 4.68 Å². The van der Waals surface area contributed by atoms with Crippen molar-refractivity contribution in [2.45, 2.75) is 5.75 Å². The molecular weight excluding hydrogens is 246 g/mol. The van der Waals surface area contributed by atoms with Gasteiger partial charge < -0.3 is 0 Å². The summed E-state index contributed by atoms with van der Waals surface area (Å²) in [6.45, 7) is 0. The molecule has 16 heavy (non-hydrogen) atoms. The van der Waals surface area contributed by atoms with E-state index < -0.39 is 9.84 Å². The van der Waals surface area contributed by atoms with Crippen LogP contribution >= 0.6 is 11.3 Å². The Balaban J connectivity index is 2.30. The van der Waals surface area contributed by atoms with Crippen LogP contribution < -0.4 is 0 Å². The van der Waals surface area contributed by atoms with E-state index in [1.54, 1.807) is 10.9 Å². The van der Waals surface area contributed by atoms with Gasteiger partial charge in [-0.05, 0) is 6.07 Å². The van der Waals surface area contributed by atoms with Crippen LogP contribution in [0, 0.1) is 0 Å². The Morgan fingerprint density at radius 2 is 2.25 bits per heavy atom. The fourth-order valence-electron chi connectivity index (χ4n) is 1.34. The quantitative estimate of drug-likeness (QED) is 0.825. The van der Waals surface area contributed by atoms with E-state index in [-0.39, 0.29) is 5.75 Å². The molecule has 0 bridgehead atoms. The zero-order valence-corrected chi connectivity index (χ0v) is 10.5. The molecule has 0 fully saturated rings. The minimum atomic E-state index is -3.02. The molecule has 86 valence electrons. The lowest BCUT2D eigenvalue weighted by Crippen LogP contribution is -2.00. The lowest BCUT2D eigenvalue weighted by molar-refractivity contribution is 0.601. The SMILES string of the molecule is Cn1nccc1-c1csc(CS(C)(=O)=O)n1. The maximum absolute atomic E-state index is 11.1. The predicted octanol–water partition coefficient (Wildman–Crippen LogP) is 1.09. The van der Waals surface area contributed by atoms with Crippen LogP contribution in [0.5, 0.6) is 0 Å². The van der Waals surface area contributed by atoms with Gasteiger partial charge in [0, 0.05) is 24.9 Å². The molecule has 5 nitrogen and oxygen atoms in total. The Morgan fingerprint density at radius 1 is 1.50 bits per heavy atom. The van der Waals surface area contributed by atoms with Crippen LogP contribution in [0.4, 0.5) is 0 Å². The van der Waals surface area contributed by atoms with Gasteiger partial charge in [-0.1, -0.05) is 0 Å². The van der Waals surface area contributed by atoms with Crippen LogP contribution in [0.25, 0.3) is 11.4 Å². The number of hydrogen-bond acceptors (Lipinski definition) is 5. The van der Waals surface area contributed by atoms with Crippen LogP contribution in [0.15, 0.2) is 17.6 Å². The van der Waals surface area contributed by atoms with E-state index in [0.29, 0.717) is 5.01 Å². The highest BCUT2D eigenvalue weighted by Crippen LogP contribution is 2.21. The lowest BCUT2D eigenvalue weighted by Gasteiger charge is -1.96. The highest BCUT2D eigenvalue weighted by Gasteiger charge is 2.11. The topological polar surface area (TPSA) is 64.8 Å². The van der Waals surface area contributed by atoms with Crippen molar-refractivity contribution in [1.82, 2.24) is 14.8 Å². The summed E-state index contributed by atoms with van der Waals surface area (Å²) in [5, 5.41) is 6.49. The first-order valence-corrected chi connectivity index (χ1v) is 7.50. The van der Waals surface area contributed by atoms with Gasteiger partial charge in [-0.15, -0.1) is 11.3 Å². The molecule has 0 atom stereocenters. The Kier molecular flexibility index (Phi) is 2.81. The monoisotopic (exact) mass is 257 g/mol. The Hall–Kier alpha value is -1.21. The molecule has 0 N–H and O–H groups in total. The summed E-state index contributed by atoms with van der Waals surface area (Å²) in [5.41, 5.74) is 1.65. The fourth-order valence-corrected chi connectivity index (χ4v) is 3.34. The lowest BCUT2D eigenvalue weighted by atomic mass is 10.3. The first-order chi connectivity index (χ1) is 7.46. The molecule has 2 heterocycles. The van der Waals surface area contributed by atoms with Gasteiger partial charge in [0.25, 0.3) is 0 Å². The molecule has 0 aliphatic carbocycles. The number of nitrogens with zero attached hydrogens (tertiary/aromatic N) is 3. The molecule has 0 saturated heterocycles. The van der Waals surface area contributed by atoms with Crippen molar-refractivity contribution in [2.75, 3.05) is 6.26 Å². The maximum atomic E-state index is 11.1. The third-order valence-electron chi connectivity index (χ3n) is 2.02. The summed E-state index contributed by atoms with van der Waals surface area (Å²) in [5.74, 6) is -0.00445. The molecule has 0 aliphatic heterocycles. The van der Waals surface area contributed by atoms with Crippen molar-refractivity contribution >= 4 is 21.2 Å². The Bertz CT molecular complexity index is 598. The number of aromatic nitrogens is 3. The molecule has 0 radical (unpaired) electrons. The van der Waals surface area contributed by atoms with E-state index in [1.807, 2.05) is 18.5 Å². The molecule has 7 heteroatoms. The van der Waals surface area contributed by atoms with Gasteiger partial charge in [0.1, 0.15) is 10.8 Å². The highest BCUT2D eigenvalue weighted by atomic mass is 32.2. The first-order valence-electron chi connectivity index (χ1n) is 4.56. The zero-order valence-electron chi connectivity index (χ0n) is 8.91. The summed E-state index contributed by atoms with van der Waals surface area (Å²) < 4.78 is 23.9. The summed E-state index contributed by atoms with van der Waals surface area (Å²) >= 11 is 1.35. The van der Waals surface area contributed by atoms with Crippen molar-refractivity contribution in [2.24, 2.45) is 7.05 Å². The summed E-state index contributed by atoms with van der Waals surface area (Å²) in [6, 6.07) is 1.85. The van der Waals surface area contributed by atoms with Crippen molar-refractivity contribution in [3.63, 3.8) is 0 Å². The normalized spacial score (nSPS) is 11.9. The standard InChI is InChI=1S/C9H11N3O2S2/c1-12-8(3-4-10-12)7-5-15-9(11-7)6-16(2,13)14/h3-5H,6H2,1-2H3. The molecule has 0 saturated carbocycles. The largest absolute Gasteiger partial charge is 0.266 e. The molecule has 0 aromatic carbocycles. The summed E-state index contributed by atoms with van der Waals surface area (Å²) in [6.07, 6.45) is 2.89.